The summed E-state index contributed by atoms with van der Waals surface area (Å²) in [5.74, 6) is 0.955. The number of aromatic nitrogens is 2. The Morgan fingerprint density at radius 1 is 1.07 bits per heavy atom. The van der Waals surface area contributed by atoms with Crippen LogP contribution in [0.3, 0.4) is 0 Å². The maximum atomic E-state index is 12.2. The van der Waals surface area contributed by atoms with E-state index in [9.17, 15) is 4.79 Å². The highest BCUT2D eigenvalue weighted by molar-refractivity contribution is 5.99. The molecule has 3 aromatic rings. The van der Waals surface area contributed by atoms with Gasteiger partial charge in [-0.05, 0) is 23.9 Å². The SMILES string of the molecule is C=CN(CCOc1ccccc1NC(=O)Nc1cnccn1)Cc1ccccc1. The number of rotatable bonds is 9. The number of hydrogen-bond donors (Lipinski definition) is 2. The molecule has 148 valence electrons. The molecule has 0 aliphatic rings. The summed E-state index contributed by atoms with van der Waals surface area (Å²) in [6.07, 6.45) is 6.32. The van der Waals surface area contributed by atoms with Crippen LogP contribution in [0.15, 0.2) is 86.0 Å². The lowest BCUT2D eigenvalue weighted by Crippen LogP contribution is -2.23. The zero-order valence-corrected chi connectivity index (χ0v) is 16.0. The van der Waals surface area contributed by atoms with Crippen molar-refractivity contribution in [1.29, 1.82) is 0 Å². The zero-order chi connectivity index (χ0) is 20.3. The van der Waals surface area contributed by atoms with E-state index in [0.717, 1.165) is 6.54 Å². The molecule has 2 aromatic carbocycles. The molecule has 0 saturated heterocycles. The second-order valence-electron chi connectivity index (χ2n) is 6.15. The number of para-hydroxylation sites is 2. The molecule has 1 aromatic heterocycles. The molecule has 2 N–H and O–H groups in total. The van der Waals surface area contributed by atoms with E-state index in [1.807, 2.05) is 36.4 Å². The molecule has 2 amide bonds. The third kappa shape index (κ3) is 6.35. The van der Waals surface area contributed by atoms with Crippen LogP contribution in [0.25, 0.3) is 0 Å². The van der Waals surface area contributed by atoms with E-state index < -0.39 is 6.03 Å². The van der Waals surface area contributed by atoms with Crippen LogP contribution in [0.2, 0.25) is 0 Å². The lowest BCUT2D eigenvalue weighted by molar-refractivity contribution is 0.250. The molecule has 0 unspecified atom stereocenters. The first-order chi connectivity index (χ1) is 14.2. The number of carbonyl (C=O) groups is 1. The number of nitrogens with zero attached hydrogens (tertiary/aromatic N) is 3. The summed E-state index contributed by atoms with van der Waals surface area (Å²) in [5.41, 5.74) is 1.78. The van der Waals surface area contributed by atoms with Crippen LogP contribution in [0.5, 0.6) is 5.75 Å². The van der Waals surface area contributed by atoms with Gasteiger partial charge in [0.25, 0.3) is 0 Å². The van der Waals surface area contributed by atoms with Crippen molar-refractivity contribution in [2.24, 2.45) is 0 Å². The Labute approximate surface area is 170 Å². The largest absolute Gasteiger partial charge is 0.490 e. The first kappa shape index (κ1) is 19.9. The molecule has 0 radical (unpaired) electrons. The van der Waals surface area contributed by atoms with Gasteiger partial charge in [-0.2, -0.15) is 0 Å². The van der Waals surface area contributed by atoms with Crippen LogP contribution in [0.4, 0.5) is 16.3 Å². The monoisotopic (exact) mass is 389 g/mol. The van der Waals surface area contributed by atoms with Gasteiger partial charge in [0.1, 0.15) is 12.4 Å². The number of amides is 2. The Balaban J connectivity index is 1.53. The maximum absolute atomic E-state index is 12.2. The van der Waals surface area contributed by atoms with Crippen LogP contribution in [-0.2, 0) is 6.54 Å². The van der Waals surface area contributed by atoms with Gasteiger partial charge in [0, 0.05) is 18.9 Å². The Bertz CT molecular complexity index is 919. The minimum absolute atomic E-state index is 0.367. The van der Waals surface area contributed by atoms with Gasteiger partial charge in [-0.1, -0.05) is 49.0 Å². The standard InChI is InChI=1S/C22H23N5O2/c1-2-27(17-18-8-4-3-5-9-18)14-15-29-20-11-7-6-10-19(20)25-22(28)26-21-16-23-12-13-24-21/h2-13,16H,1,14-15,17H2,(H2,24,25,26,28). The van der Waals surface area contributed by atoms with Gasteiger partial charge >= 0.3 is 6.03 Å². The van der Waals surface area contributed by atoms with Crippen molar-refractivity contribution in [3.8, 4) is 5.75 Å². The second kappa shape index (κ2) is 10.5. The highest BCUT2D eigenvalue weighted by Gasteiger charge is 2.09. The van der Waals surface area contributed by atoms with Crippen molar-refractivity contribution in [3.05, 3.63) is 91.5 Å². The summed E-state index contributed by atoms with van der Waals surface area (Å²) in [6.45, 7) is 5.74. The minimum Gasteiger partial charge on any atom is -0.490 e. The lowest BCUT2D eigenvalue weighted by Gasteiger charge is -2.21. The third-order valence-corrected chi connectivity index (χ3v) is 4.06. The maximum Gasteiger partial charge on any atom is 0.324 e. The molecular weight excluding hydrogens is 366 g/mol. The summed E-state index contributed by atoms with van der Waals surface area (Å²) in [4.78, 5) is 22.2. The molecule has 0 aliphatic heterocycles. The summed E-state index contributed by atoms with van der Waals surface area (Å²) < 4.78 is 5.90. The fourth-order valence-corrected chi connectivity index (χ4v) is 2.65. The highest BCUT2D eigenvalue weighted by Crippen LogP contribution is 2.24. The van der Waals surface area contributed by atoms with Crippen molar-refractivity contribution in [2.75, 3.05) is 23.8 Å². The normalized spacial score (nSPS) is 10.1. The molecule has 7 heteroatoms. The molecule has 3 rings (SSSR count). The van der Waals surface area contributed by atoms with E-state index in [1.54, 1.807) is 12.3 Å². The summed E-state index contributed by atoms with van der Waals surface area (Å²) in [5, 5.41) is 5.40. The smallest absolute Gasteiger partial charge is 0.324 e. The highest BCUT2D eigenvalue weighted by atomic mass is 16.5. The van der Waals surface area contributed by atoms with Crippen LogP contribution in [0, 0.1) is 0 Å². The second-order valence-corrected chi connectivity index (χ2v) is 6.15. The number of nitrogens with one attached hydrogen (secondary N) is 2. The fraction of sp³-hybridized carbons (Fsp3) is 0.136. The van der Waals surface area contributed by atoms with Gasteiger partial charge in [-0.25, -0.2) is 9.78 Å². The van der Waals surface area contributed by atoms with Crippen LogP contribution < -0.4 is 15.4 Å². The van der Waals surface area contributed by atoms with Gasteiger partial charge in [-0.3, -0.25) is 10.3 Å². The van der Waals surface area contributed by atoms with Crippen molar-refractivity contribution < 1.29 is 9.53 Å². The molecule has 0 bridgehead atoms. The van der Waals surface area contributed by atoms with E-state index in [4.69, 9.17) is 4.74 Å². The van der Waals surface area contributed by atoms with Gasteiger partial charge in [0.15, 0.2) is 5.82 Å². The van der Waals surface area contributed by atoms with E-state index in [1.165, 1.54) is 24.2 Å². The lowest BCUT2D eigenvalue weighted by atomic mass is 10.2. The van der Waals surface area contributed by atoms with Gasteiger partial charge in [0.05, 0.1) is 18.4 Å². The third-order valence-electron chi connectivity index (χ3n) is 4.06. The van der Waals surface area contributed by atoms with Crippen molar-refractivity contribution in [1.82, 2.24) is 14.9 Å². The summed E-state index contributed by atoms with van der Waals surface area (Å²) in [6, 6.07) is 17.0. The van der Waals surface area contributed by atoms with Crippen molar-refractivity contribution in [3.63, 3.8) is 0 Å². The number of anilines is 2. The molecule has 0 atom stereocenters. The van der Waals surface area contributed by atoms with E-state index in [-0.39, 0.29) is 0 Å². The molecule has 29 heavy (non-hydrogen) atoms. The Kier molecular flexibility index (Phi) is 7.17. The first-order valence-corrected chi connectivity index (χ1v) is 9.21. The van der Waals surface area contributed by atoms with Gasteiger partial charge < -0.3 is 15.0 Å². The predicted octanol–water partition coefficient (Wildman–Crippen LogP) is 4.15. The topological polar surface area (TPSA) is 79.4 Å². The van der Waals surface area contributed by atoms with Gasteiger partial charge in [0.2, 0.25) is 0 Å². The molecule has 0 fully saturated rings. The average Bonchev–Trinajstić information content (AvgIpc) is 2.75. The van der Waals surface area contributed by atoms with Crippen molar-refractivity contribution in [2.45, 2.75) is 6.54 Å². The number of ether oxygens (including phenoxy) is 1. The Morgan fingerprint density at radius 2 is 1.86 bits per heavy atom. The molecule has 0 spiro atoms. The molecule has 7 nitrogen and oxygen atoms in total. The minimum atomic E-state index is -0.418. The van der Waals surface area contributed by atoms with E-state index in [0.29, 0.717) is 30.4 Å². The van der Waals surface area contributed by atoms with E-state index in [2.05, 4.69) is 44.2 Å². The summed E-state index contributed by atoms with van der Waals surface area (Å²) in [7, 11) is 0. The van der Waals surface area contributed by atoms with Gasteiger partial charge in [-0.15, -0.1) is 0 Å². The number of benzene rings is 2. The quantitative estimate of drug-likeness (QED) is 0.575. The zero-order valence-electron chi connectivity index (χ0n) is 16.0. The summed E-state index contributed by atoms with van der Waals surface area (Å²) >= 11 is 0. The molecule has 1 heterocycles. The number of urea groups is 1. The van der Waals surface area contributed by atoms with Crippen LogP contribution in [-0.4, -0.2) is 34.1 Å². The Morgan fingerprint density at radius 3 is 2.62 bits per heavy atom. The van der Waals surface area contributed by atoms with Crippen LogP contribution >= 0.6 is 0 Å². The van der Waals surface area contributed by atoms with Crippen molar-refractivity contribution >= 4 is 17.5 Å². The molecule has 0 aliphatic carbocycles. The fourth-order valence-electron chi connectivity index (χ4n) is 2.65. The Hall–Kier alpha value is -3.87. The van der Waals surface area contributed by atoms with Crippen LogP contribution in [0.1, 0.15) is 5.56 Å². The predicted molar refractivity (Wildman–Crippen MR) is 114 cm³/mol. The van der Waals surface area contributed by atoms with E-state index >= 15 is 0 Å². The first-order valence-electron chi connectivity index (χ1n) is 9.21. The molecule has 0 saturated carbocycles. The number of hydrogen-bond acceptors (Lipinski definition) is 5. The molecular formula is C22H23N5O2. The number of carbonyl (C=O) groups excluding carboxylic acids is 1. The average molecular weight is 389 g/mol.